The topological polar surface area (TPSA) is 81.2 Å². The number of carbonyl (C=O) groups excluding carboxylic acids is 2. The summed E-state index contributed by atoms with van der Waals surface area (Å²) in [5.41, 5.74) is 9.71. The van der Waals surface area contributed by atoms with Gasteiger partial charge in [0.1, 0.15) is 5.82 Å². The van der Waals surface area contributed by atoms with Gasteiger partial charge in [0.25, 0.3) is 0 Å². The number of fused-ring (bicyclic) bond motifs is 1. The van der Waals surface area contributed by atoms with Crippen LogP contribution in [-0.2, 0) is 9.59 Å². The van der Waals surface area contributed by atoms with Crippen LogP contribution in [0.25, 0.3) is 16.6 Å². The molecule has 2 fully saturated rings. The first-order chi connectivity index (χ1) is 16.9. The number of nitrogens with two attached hydrogens (primary N) is 1. The summed E-state index contributed by atoms with van der Waals surface area (Å²) in [6.07, 6.45) is 3.48. The Balaban J connectivity index is 1.45. The lowest BCUT2D eigenvalue weighted by atomic mass is 9.78. The van der Waals surface area contributed by atoms with Gasteiger partial charge in [0.2, 0.25) is 11.8 Å². The average molecular weight is 469 g/mol. The molecular formula is C28H25FN4O2. The molecule has 1 saturated heterocycles. The van der Waals surface area contributed by atoms with Gasteiger partial charge in [0, 0.05) is 23.4 Å². The van der Waals surface area contributed by atoms with Crippen molar-refractivity contribution in [3.05, 3.63) is 89.9 Å². The fourth-order valence-electron chi connectivity index (χ4n) is 5.70. The maximum absolute atomic E-state index is 13.5. The van der Waals surface area contributed by atoms with Gasteiger partial charge in [-0.3, -0.25) is 9.59 Å². The molecule has 1 aliphatic heterocycles. The highest BCUT2D eigenvalue weighted by molar-refractivity contribution is 6.00. The summed E-state index contributed by atoms with van der Waals surface area (Å²) in [6, 6.07) is 19.7. The van der Waals surface area contributed by atoms with E-state index in [2.05, 4.69) is 5.10 Å². The lowest BCUT2D eigenvalue weighted by molar-refractivity contribution is -0.125. The molecule has 3 aromatic carbocycles. The minimum atomic E-state index is -0.630. The third-order valence-electron chi connectivity index (χ3n) is 7.72. The fourth-order valence-corrected chi connectivity index (χ4v) is 5.70. The van der Waals surface area contributed by atoms with Gasteiger partial charge >= 0.3 is 0 Å². The molecule has 2 amide bonds. The third-order valence-corrected chi connectivity index (χ3v) is 7.72. The number of nitrogens with zero attached hydrogens (tertiary/aromatic N) is 3. The van der Waals surface area contributed by atoms with Crippen molar-refractivity contribution < 1.29 is 14.0 Å². The smallest absolute Gasteiger partial charge is 0.227 e. The lowest BCUT2D eigenvalue weighted by Gasteiger charge is -2.33. The largest absolute Gasteiger partial charge is 0.369 e. The number of hydrogen-bond donors (Lipinski definition) is 1. The van der Waals surface area contributed by atoms with Crippen LogP contribution in [0.15, 0.2) is 72.9 Å². The van der Waals surface area contributed by atoms with Gasteiger partial charge in [0.15, 0.2) is 0 Å². The summed E-state index contributed by atoms with van der Waals surface area (Å²) in [5, 5.41) is 5.35. The maximum atomic E-state index is 13.5. The highest BCUT2D eigenvalue weighted by Gasteiger charge is 2.61. The Bertz CT molecular complexity index is 1470. The van der Waals surface area contributed by atoms with Gasteiger partial charge in [-0.25, -0.2) is 9.07 Å². The minimum absolute atomic E-state index is 0.0129. The van der Waals surface area contributed by atoms with Crippen LogP contribution in [0.4, 0.5) is 10.1 Å². The monoisotopic (exact) mass is 468 g/mol. The first kappa shape index (κ1) is 21.5. The zero-order valence-corrected chi connectivity index (χ0v) is 19.3. The number of benzene rings is 3. The van der Waals surface area contributed by atoms with Crippen LogP contribution in [0.3, 0.4) is 0 Å². The lowest BCUT2D eigenvalue weighted by Crippen LogP contribution is -2.36. The van der Waals surface area contributed by atoms with E-state index >= 15 is 0 Å². The molecule has 7 heteroatoms. The number of aryl methyl sites for hydroxylation is 1. The number of aromatic nitrogens is 2. The van der Waals surface area contributed by atoms with Crippen LogP contribution in [-0.4, -0.2) is 21.6 Å². The van der Waals surface area contributed by atoms with Crippen LogP contribution in [0.1, 0.15) is 36.4 Å². The van der Waals surface area contributed by atoms with Crippen molar-refractivity contribution in [1.82, 2.24) is 9.78 Å². The summed E-state index contributed by atoms with van der Waals surface area (Å²) in [7, 11) is 0. The van der Waals surface area contributed by atoms with Gasteiger partial charge in [-0.05, 0) is 73.4 Å². The van der Waals surface area contributed by atoms with E-state index in [9.17, 15) is 14.0 Å². The summed E-state index contributed by atoms with van der Waals surface area (Å²) in [5.74, 6) is -0.805. The van der Waals surface area contributed by atoms with Gasteiger partial charge in [-0.2, -0.15) is 5.10 Å². The molecule has 176 valence electrons. The summed E-state index contributed by atoms with van der Waals surface area (Å²) in [4.78, 5) is 27.8. The molecule has 4 aromatic rings. The average Bonchev–Trinajstić information content (AvgIpc) is 3.45. The van der Waals surface area contributed by atoms with Gasteiger partial charge in [-0.1, -0.05) is 24.3 Å². The van der Waals surface area contributed by atoms with Crippen LogP contribution < -0.4 is 10.6 Å². The summed E-state index contributed by atoms with van der Waals surface area (Å²) < 4.78 is 15.1. The highest BCUT2D eigenvalue weighted by atomic mass is 19.1. The van der Waals surface area contributed by atoms with Gasteiger partial charge < -0.3 is 10.6 Å². The molecule has 6 nitrogen and oxygen atoms in total. The van der Waals surface area contributed by atoms with Crippen LogP contribution in [0.5, 0.6) is 0 Å². The second kappa shape index (κ2) is 7.77. The molecule has 1 aliphatic carbocycles. The molecule has 2 aliphatic rings. The van der Waals surface area contributed by atoms with E-state index in [4.69, 9.17) is 5.73 Å². The van der Waals surface area contributed by atoms with Crippen molar-refractivity contribution in [3.8, 4) is 5.69 Å². The molecule has 0 spiro atoms. The predicted molar refractivity (Wildman–Crippen MR) is 131 cm³/mol. The minimum Gasteiger partial charge on any atom is -0.369 e. The van der Waals surface area contributed by atoms with E-state index in [1.165, 1.54) is 12.1 Å². The van der Waals surface area contributed by atoms with Crippen molar-refractivity contribution in [2.24, 2.45) is 17.1 Å². The van der Waals surface area contributed by atoms with Crippen molar-refractivity contribution in [1.29, 1.82) is 0 Å². The number of rotatable bonds is 5. The van der Waals surface area contributed by atoms with E-state index < -0.39 is 5.41 Å². The quantitative estimate of drug-likeness (QED) is 0.455. The van der Waals surface area contributed by atoms with Crippen LogP contribution in [0.2, 0.25) is 0 Å². The van der Waals surface area contributed by atoms with E-state index in [0.29, 0.717) is 0 Å². The standard InChI is InChI=1S/C28H25FN4O2/c1-17-4-2-3-5-22(17)26-23(28(12-13-28)27(30)35)15-25(34)32(26)21-10-11-24-18(14-21)16-31-33(24)20-8-6-19(29)7-9-20/h2-11,14,16,23,26H,12-13,15H2,1H3,(H2,30,35)/t23-,26+/m1/s1. The molecular weight excluding hydrogens is 443 g/mol. The molecule has 0 unspecified atom stereocenters. The van der Waals surface area contributed by atoms with Gasteiger partial charge in [-0.15, -0.1) is 0 Å². The first-order valence-electron chi connectivity index (χ1n) is 11.8. The molecule has 2 atom stereocenters. The Hall–Kier alpha value is -4.00. The Morgan fingerprint density at radius 3 is 2.46 bits per heavy atom. The number of primary amides is 1. The highest BCUT2D eigenvalue weighted by Crippen LogP contribution is 2.61. The van der Waals surface area contributed by atoms with E-state index in [-0.39, 0.29) is 36.0 Å². The van der Waals surface area contributed by atoms with E-state index in [1.54, 1.807) is 23.0 Å². The zero-order chi connectivity index (χ0) is 24.3. The molecule has 6 rings (SSSR count). The summed E-state index contributed by atoms with van der Waals surface area (Å²) >= 11 is 0. The molecule has 2 N–H and O–H groups in total. The predicted octanol–water partition coefficient (Wildman–Crippen LogP) is 4.83. The molecule has 35 heavy (non-hydrogen) atoms. The van der Waals surface area contributed by atoms with Crippen molar-refractivity contribution in [2.45, 2.75) is 32.2 Å². The molecule has 1 aromatic heterocycles. The fraction of sp³-hybridized carbons (Fsp3) is 0.250. The van der Waals surface area contributed by atoms with E-state index in [1.807, 2.05) is 54.3 Å². The molecule has 1 saturated carbocycles. The third kappa shape index (κ3) is 3.33. The van der Waals surface area contributed by atoms with Crippen LogP contribution >= 0.6 is 0 Å². The number of carbonyl (C=O) groups is 2. The number of hydrogen-bond acceptors (Lipinski definition) is 3. The number of anilines is 1. The number of halogens is 1. The zero-order valence-electron chi connectivity index (χ0n) is 19.3. The second-order valence-corrected chi connectivity index (χ2v) is 9.67. The molecule has 0 radical (unpaired) electrons. The Kier molecular flexibility index (Phi) is 4.78. The van der Waals surface area contributed by atoms with Crippen molar-refractivity contribution in [3.63, 3.8) is 0 Å². The molecule has 0 bridgehead atoms. The Morgan fingerprint density at radius 2 is 1.77 bits per heavy atom. The van der Waals surface area contributed by atoms with Crippen molar-refractivity contribution in [2.75, 3.05) is 4.90 Å². The van der Waals surface area contributed by atoms with Crippen molar-refractivity contribution >= 4 is 28.4 Å². The maximum Gasteiger partial charge on any atom is 0.227 e. The number of amides is 2. The molecule has 2 heterocycles. The normalized spacial score (nSPS) is 21.0. The second-order valence-electron chi connectivity index (χ2n) is 9.67. The van der Waals surface area contributed by atoms with E-state index in [0.717, 1.165) is 46.2 Å². The first-order valence-corrected chi connectivity index (χ1v) is 11.8. The Labute approximate surface area is 202 Å². The SMILES string of the molecule is Cc1ccccc1[C@H]1[C@H](C2(C(N)=O)CC2)CC(=O)N1c1ccc2c(cnn2-c2ccc(F)cc2)c1. The summed E-state index contributed by atoms with van der Waals surface area (Å²) in [6.45, 7) is 2.03. The van der Waals surface area contributed by atoms with Crippen LogP contribution in [0, 0.1) is 24.1 Å². The Morgan fingerprint density at radius 1 is 1.06 bits per heavy atom. The van der Waals surface area contributed by atoms with Gasteiger partial charge in [0.05, 0.1) is 28.9 Å².